The van der Waals surface area contributed by atoms with Gasteiger partial charge in [0, 0.05) is 32.2 Å². The molecule has 25 heavy (non-hydrogen) atoms. The minimum absolute atomic E-state index is 0.167. The molecule has 10 heteroatoms. The molecule has 0 saturated carbocycles. The van der Waals surface area contributed by atoms with E-state index in [1.54, 1.807) is 33.9 Å². The molecule has 0 amide bonds. The number of hydrogen-bond donors (Lipinski definition) is 0. The van der Waals surface area contributed by atoms with Gasteiger partial charge in [0.05, 0.1) is 7.11 Å². The second-order valence-corrected chi connectivity index (χ2v) is 7.73. The van der Waals surface area contributed by atoms with Gasteiger partial charge in [-0.25, -0.2) is 13.4 Å². The summed E-state index contributed by atoms with van der Waals surface area (Å²) in [5, 5.41) is 3.75. The Hall–Kier alpha value is -2.20. The Morgan fingerprint density at radius 1 is 1.12 bits per heavy atom. The van der Waals surface area contributed by atoms with E-state index < -0.39 is 10.0 Å². The number of nitrogens with zero attached hydrogens (tertiary/aromatic N) is 5. The molecule has 0 radical (unpaired) electrons. The second kappa shape index (κ2) is 6.60. The molecule has 0 spiro atoms. The highest BCUT2D eigenvalue weighted by Gasteiger charge is 2.33. The van der Waals surface area contributed by atoms with Crippen molar-refractivity contribution in [1.29, 1.82) is 0 Å². The van der Waals surface area contributed by atoms with Crippen LogP contribution in [0.4, 0.5) is 5.82 Å². The van der Waals surface area contributed by atoms with Crippen molar-refractivity contribution in [1.82, 2.24) is 19.4 Å². The lowest BCUT2D eigenvalue weighted by Gasteiger charge is -2.34. The molecule has 0 aromatic carbocycles. The van der Waals surface area contributed by atoms with E-state index in [0.717, 1.165) is 5.82 Å². The maximum atomic E-state index is 12.8. The number of sulfonamides is 1. The zero-order chi connectivity index (χ0) is 18.2. The fraction of sp³-hybridized carbons (Fsp3) is 0.533. The van der Waals surface area contributed by atoms with E-state index in [1.165, 1.54) is 4.31 Å². The first-order valence-electron chi connectivity index (χ1n) is 7.90. The van der Waals surface area contributed by atoms with Gasteiger partial charge in [0.1, 0.15) is 22.2 Å². The lowest BCUT2D eigenvalue weighted by atomic mass is 10.3. The van der Waals surface area contributed by atoms with E-state index in [-0.39, 0.29) is 4.90 Å². The van der Waals surface area contributed by atoms with Gasteiger partial charge < -0.3 is 14.2 Å². The van der Waals surface area contributed by atoms with Crippen LogP contribution in [0.5, 0.6) is 5.88 Å². The van der Waals surface area contributed by atoms with E-state index in [2.05, 4.69) is 15.1 Å². The van der Waals surface area contributed by atoms with E-state index >= 15 is 0 Å². The number of methoxy groups -OCH3 is 1. The fourth-order valence-corrected chi connectivity index (χ4v) is 4.63. The van der Waals surface area contributed by atoms with Gasteiger partial charge in [-0.3, -0.25) is 0 Å². The van der Waals surface area contributed by atoms with Crippen molar-refractivity contribution in [3.63, 3.8) is 0 Å². The first-order chi connectivity index (χ1) is 11.8. The van der Waals surface area contributed by atoms with Crippen molar-refractivity contribution in [3.8, 4) is 5.88 Å². The Bertz CT molecular complexity index is 853. The van der Waals surface area contributed by atoms with E-state index in [0.29, 0.717) is 49.3 Å². The topological polar surface area (TPSA) is 102 Å². The van der Waals surface area contributed by atoms with Crippen LogP contribution in [0.15, 0.2) is 15.5 Å². The van der Waals surface area contributed by atoms with Gasteiger partial charge in [-0.15, -0.1) is 0 Å². The van der Waals surface area contributed by atoms with Gasteiger partial charge in [0.2, 0.25) is 15.9 Å². The minimum atomic E-state index is -3.61. The largest absolute Gasteiger partial charge is 0.481 e. The van der Waals surface area contributed by atoms with Crippen molar-refractivity contribution >= 4 is 15.8 Å². The molecular weight excluding hydrogens is 346 g/mol. The first-order valence-corrected chi connectivity index (χ1v) is 9.34. The summed E-state index contributed by atoms with van der Waals surface area (Å²) in [5.41, 5.74) is 0.385. The highest BCUT2D eigenvalue weighted by atomic mass is 32.2. The maximum absolute atomic E-state index is 12.8. The average Bonchev–Trinajstić information content (AvgIpc) is 2.93. The first kappa shape index (κ1) is 17.6. The number of rotatable bonds is 4. The van der Waals surface area contributed by atoms with Crippen LogP contribution >= 0.6 is 0 Å². The minimum Gasteiger partial charge on any atom is -0.481 e. The van der Waals surface area contributed by atoms with Crippen LogP contribution in [-0.4, -0.2) is 61.1 Å². The highest BCUT2D eigenvalue weighted by molar-refractivity contribution is 7.89. The molecular formula is C15H21N5O4S. The molecule has 1 aliphatic rings. The number of anilines is 1. The molecule has 136 valence electrons. The predicted molar refractivity (Wildman–Crippen MR) is 90.3 cm³/mol. The van der Waals surface area contributed by atoms with Crippen LogP contribution in [0.1, 0.15) is 17.3 Å². The second-order valence-electron chi connectivity index (χ2n) is 5.86. The summed E-state index contributed by atoms with van der Waals surface area (Å²) in [5.74, 6) is 2.16. The molecule has 0 unspecified atom stereocenters. The van der Waals surface area contributed by atoms with E-state index in [4.69, 9.17) is 9.26 Å². The predicted octanol–water partition coefficient (Wildman–Crippen LogP) is 0.909. The Labute approximate surface area is 146 Å². The van der Waals surface area contributed by atoms with Gasteiger partial charge in [-0.2, -0.15) is 9.29 Å². The number of aryl methyl sites for hydroxylation is 3. The van der Waals surface area contributed by atoms with Gasteiger partial charge in [-0.05, 0) is 20.8 Å². The summed E-state index contributed by atoms with van der Waals surface area (Å²) in [6.45, 7) is 6.82. The molecule has 1 aliphatic heterocycles. The van der Waals surface area contributed by atoms with Crippen molar-refractivity contribution in [3.05, 3.63) is 23.3 Å². The summed E-state index contributed by atoms with van der Waals surface area (Å²) >= 11 is 0. The van der Waals surface area contributed by atoms with Gasteiger partial charge >= 0.3 is 0 Å². The number of hydrogen-bond acceptors (Lipinski definition) is 8. The van der Waals surface area contributed by atoms with E-state index in [9.17, 15) is 8.42 Å². The molecule has 1 fully saturated rings. The molecule has 2 aromatic heterocycles. The van der Waals surface area contributed by atoms with Gasteiger partial charge in [-0.1, -0.05) is 5.16 Å². The Morgan fingerprint density at radius 2 is 1.80 bits per heavy atom. The third-order valence-corrected chi connectivity index (χ3v) is 6.28. The highest BCUT2D eigenvalue weighted by Crippen LogP contribution is 2.25. The molecule has 0 bridgehead atoms. The molecule has 2 aromatic rings. The quantitative estimate of drug-likeness (QED) is 0.786. The van der Waals surface area contributed by atoms with Gasteiger partial charge in [0.25, 0.3) is 0 Å². The summed E-state index contributed by atoms with van der Waals surface area (Å²) in [6, 6.07) is 1.76. The summed E-state index contributed by atoms with van der Waals surface area (Å²) in [6.07, 6.45) is 0. The summed E-state index contributed by atoms with van der Waals surface area (Å²) in [7, 11) is -2.06. The number of aromatic nitrogens is 3. The third-order valence-electron chi connectivity index (χ3n) is 4.14. The summed E-state index contributed by atoms with van der Waals surface area (Å²) < 4.78 is 37.3. The van der Waals surface area contributed by atoms with Crippen LogP contribution in [0.2, 0.25) is 0 Å². The smallest absolute Gasteiger partial charge is 0.248 e. The van der Waals surface area contributed by atoms with Crippen LogP contribution in [0, 0.1) is 20.8 Å². The lowest BCUT2D eigenvalue weighted by Crippen LogP contribution is -2.49. The third kappa shape index (κ3) is 3.31. The normalized spacial score (nSPS) is 16.2. The zero-order valence-corrected chi connectivity index (χ0v) is 15.5. The molecule has 3 rings (SSSR count). The monoisotopic (exact) mass is 367 g/mol. The van der Waals surface area contributed by atoms with Crippen molar-refractivity contribution < 1.29 is 17.7 Å². The Kier molecular flexibility index (Phi) is 4.65. The lowest BCUT2D eigenvalue weighted by molar-refractivity contribution is 0.376. The van der Waals surface area contributed by atoms with Crippen LogP contribution in [0.25, 0.3) is 0 Å². The molecule has 9 nitrogen and oxygen atoms in total. The fourth-order valence-electron chi connectivity index (χ4n) is 2.92. The Morgan fingerprint density at radius 3 is 2.36 bits per heavy atom. The molecule has 3 heterocycles. The standard InChI is InChI=1S/C15H21N5O4S/c1-10-15(11(2)24-18-10)25(21,22)20-7-5-19(6-8-20)13-9-14(23-4)17-12(3)16-13/h9H,5-8H2,1-4H3. The molecule has 1 saturated heterocycles. The van der Waals surface area contributed by atoms with Gasteiger partial charge in [0.15, 0.2) is 5.76 Å². The van der Waals surface area contributed by atoms with Crippen LogP contribution in [0.3, 0.4) is 0 Å². The Balaban J connectivity index is 1.77. The SMILES string of the molecule is COc1cc(N2CCN(S(=O)(=O)c3c(C)noc3C)CC2)nc(C)n1. The molecule has 0 atom stereocenters. The van der Waals surface area contributed by atoms with Crippen molar-refractivity contribution in [2.24, 2.45) is 0 Å². The zero-order valence-electron chi connectivity index (χ0n) is 14.7. The number of piperazine rings is 1. The summed E-state index contributed by atoms with van der Waals surface area (Å²) in [4.78, 5) is 10.8. The molecule has 0 N–H and O–H groups in total. The van der Waals surface area contributed by atoms with Crippen LogP contribution in [-0.2, 0) is 10.0 Å². The average molecular weight is 367 g/mol. The van der Waals surface area contributed by atoms with Crippen molar-refractivity contribution in [2.75, 3.05) is 38.2 Å². The maximum Gasteiger partial charge on any atom is 0.248 e. The molecule has 0 aliphatic carbocycles. The van der Waals surface area contributed by atoms with E-state index in [1.807, 2.05) is 4.90 Å². The van der Waals surface area contributed by atoms with Crippen LogP contribution < -0.4 is 9.64 Å². The van der Waals surface area contributed by atoms with Crippen molar-refractivity contribution in [2.45, 2.75) is 25.7 Å². The number of ether oxygens (including phenoxy) is 1.